The highest BCUT2D eigenvalue weighted by Gasteiger charge is 2.41. The van der Waals surface area contributed by atoms with E-state index in [0.29, 0.717) is 30.8 Å². The lowest BCUT2D eigenvalue weighted by atomic mass is 9.63. The van der Waals surface area contributed by atoms with E-state index in [0.717, 1.165) is 32.1 Å². The third kappa shape index (κ3) is 13.0. The van der Waals surface area contributed by atoms with Gasteiger partial charge in [0.1, 0.15) is 0 Å². The Hall–Kier alpha value is -3.82. The number of rotatable bonds is 15. The van der Waals surface area contributed by atoms with Crippen molar-refractivity contribution in [2.24, 2.45) is 32.1 Å². The lowest BCUT2D eigenvalue weighted by Crippen LogP contribution is -2.45. The van der Waals surface area contributed by atoms with Crippen LogP contribution in [0.2, 0.25) is 0 Å². The van der Waals surface area contributed by atoms with Gasteiger partial charge >= 0.3 is 12.1 Å². The molecule has 250 valence electrons. The zero-order valence-corrected chi connectivity index (χ0v) is 28.1. The zero-order chi connectivity index (χ0) is 33.8. The first-order valence-corrected chi connectivity index (χ1v) is 15.7. The van der Waals surface area contributed by atoms with Gasteiger partial charge in [0.2, 0.25) is 18.1 Å². The number of nitrogens with one attached hydrogen (secondary N) is 4. The number of carbonyl (C=O) groups excluding carboxylic acids is 4. The third-order valence-electron chi connectivity index (χ3n) is 8.37. The van der Waals surface area contributed by atoms with Crippen LogP contribution in [0, 0.1) is 29.1 Å². The Morgan fingerprint density at radius 3 is 2.49 bits per heavy atom. The molecule has 0 radical (unpaired) electrons. The average molecular weight is 630 g/mol. The van der Waals surface area contributed by atoms with Gasteiger partial charge in [-0.1, -0.05) is 48.5 Å². The van der Waals surface area contributed by atoms with Crippen molar-refractivity contribution in [2.45, 2.75) is 112 Å². The number of anilines is 1. The molecule has 1 aromatic heterocycles. The van der Waals surface area contributed by atoms with E-state index in [1.807, 2.05) is 13.8 Å². The number of alkyl carbamates (subject to hydrolysis) is 1. The first-order valence-electron chi connectivity index (χ1n) is 15.7. The fourth-order valence-electron chi connectivity index (χ4n) is 6.94. The van der Waals surface area contributed by atoms with Gasteiger partial charge in [-0.15, -0.1) is 0 Å². The van der Waals surface area contributed by atoms with E-state index < -0.39 is 17.7 Å². The van der Waals surface area contributed by atoms with E-state index in [9.17, 15) is 24.0 Å². The van der Waals surface area contributed by atoms with Crippen LogP contribution in [0.15, 0.2) is 14.8 Å². The number of aromatic nitrogens is 2. The molecule has 1 heterocycles. The predicted octanol–water partition coefficient (Wildman–Crippen LogP) is 4.95. The molecule has 0 saturated heterocycles. The monoisotopic (exact) mass is 629 g/mol. The number of isocyanates is 2. The van der Waals surface area contributed by atoms with Gasteiger partial charge in [0.25, 0.3) is 5.56 Å². The molecule has 13 nitrogen and oxygen atoms in total. The van der Waals surface area contributed by atoms with E-state index in [1.54, 1.807) is 19.1 Å². The predicted molar refractivity (Wildman–Crippen MR) is 172 cm³/mol. The van der Waals surface area contributed by atoms with Crippen molar-refractivity contribution in [3.8, 4) is 0 Å². The minimum atomic E-state index is -0.576. The summed E-state index contributed by atoms with van der Waals surface area (Å²) in [5, 5.41) is 8.21. The molecule has 3 amide bonds. The molecular formula is C32H51N7O6. The van der Waals surface area contributed by atoms with Crippen LogP contribution < -0.4 is 21.5 Å². The first kappa shape index (κ1) is 37.4. The summed E-state index contributed by atoms with van der Waals surface area (Å²) in [6.45, 7) is 17.0. The summed E-state index contributed by atoms with van der Waals surface area (Å²) in [5.41, 5.74) is -0.0428. The molecular weight excluding hydrogens is 578 g/mol. The van der Waals surface area contributed by atoms with Crippen molar-refractivity contribution in [1.29, 1.82) is 0 Å². The summed E-state index contributed by atoms with van der Waals surface area (Å²) in [6.07, 6.45) is 7.54. The minimum Gasteiger partial charge on any atom is -0.449 e. The molecule has 1 fully saturated rings. The van der Waals surface area contributed by atoms with Crippen molar-refractivity contribution >= 4 is 30.2 Å². The maximum atomic E-state index is 12.7. The van der Waals surface area contributed by atoms with E-state index in [1.165, 1.54) is 0 Å². The number of nitrogens with zero attached hydrogens (tertiary/aromatic N) is 3. The average Bonchev–Trinajstić information content (AvgIpc) is 2.91. The van der Waals surface area contributed by atoms with Crippen molar-refractivity contribution in [2.75, 3.05) is 25.0 Å². The van der Waals surface area contributed by atoms with Crippen molar-refractivity contribution in [3.05, 3.63) is 21.6 Å². The van der Waals surface area contributed by atoms with Crippen LogP contribution in [0.25, 0.3) is 0 Å². The van der Waals surface area contributed by atoms with Crippen LogP contribution in [-0.4, -0.2) is 66.0 Å². The van der Waals surface area contributed by atoms with Gasteiger partial charge < -0.3 is 20.4 Å². The van der Waals surface area contributed by atoms with Gasteiger partial charge in [0.05, 0.1) is 18.7 Å². The second-order valence-corrected chi connectivity index (χ2v) is 14.5. The topological polar surface area (TPSA) is 184 Å². The van der Waals surface area contributed by atoms with Crippen LogP contribution in [0.5, 0.6) is 0 Å². The molecule has 1 aliphatic carbocycles. The third-order valence-corrected chi connectivity index (χ3v) is 8.37. The van der Waals surface area contributed by atoms with Gasteiger partial charge in [-0.05, 0) is 67.6 Å². The second kappa shape index (κ2) is 16.5. The van der Waals surface area contributed by atoms with Gasteiger partial charge in [-0.25, -0.2) is 29.2 Å². The Morgan fingerprint density at radius 1 is 1.16 bits per heavy atom. The fraction of sp³-hybridized carbons (Fsp3) is 0.750. The Labute approximate surface area is 265 Å². The van der Waals surface area contributed by atoms with Crippen LogP contribution in [-0.2, 0) is 20.7 Å². The van der Waals surface area contributed by atoms with Gasteiger partial charge in [-0.3, -0.25) is 10.1 Å². The zero-order valence-electron chi connectivity index (χ0n) is 28.1. The number of urea groups is 1. The number of aromatic amines is 1. The molecule has 4 N–H and O–H groups in total. The second-order valence-electron chi connectivity index (χ2n) is 14.5. The summed E-state index contributed by atoms with van der Waals surface area (Å²) in [4.78, 5) is 73.8. The van der Waals surface area contributed by atoms with E-state index in [2.05, 4.69) is 70.5 Å². The number of H-pyrrole nitrogens is 1. The number of amides is 3. The van der Waals surface area contributed by atoms with Gasteiger partial charge in [0.15, 0.2) is 0 Å². The van der Waals surface area contributed by atoms with Gasteiger partial charge in [0, 0.05) is 30.8 Å². The Bertz CT molecular complexity index is 1330. The summed E-state index contributed by atoms with van der Waals surface area (Å²) in [5.74, 6) is 0.179. The smallest absolute Gasteiger partial charge is 0.407 e. The van der Waals surface area contributed by atoms with Crippen LogP contribution in [0.1, 0.15) is 98.2 Å². The first-order chi connectivity index (χ1) is 21.0. The van der Waals surface area contributed by atoms with Crippen LogP contribution in [0.4, 0.5) is 15.5 Å². The quantitative estimate of drug-likeness (QED) is 0.156. The minimum absolute atomic E-state index is 0.00935. The lowest BCUT2D eigenvalue weighted by Gasteiger charge is -2.45. The lowest BCUT2D eigenvalue weighted by molar-refractivity contribution is 0.0855. The van der Waals surface area contributed by atoms with Crippen LogP contribution in [0.3, 0.4) is 0 Å². The number of carbonyl (C=O) groups is 2. The maximum absolute atomic E-state index is 12.7. The highest BCUT2D eigenvalue weighted by molar-refractivity contribution is 5.87. The molecule has 4 atom stereocenters. The summed E-state index contributed by atoms with van der Waals surface area (Å²) in [7, 11) is 0. The maximum Gasteiger partial charge on any atom is 0.407 e. The standard InChI is InChI=1S/C32H51N7O6/c1-9-23(35-19-40)13-30(4,5)12-21(2)16-33-29(44)45-11-10-25-22(3)37-27(38-26(25)42)39-28(43)34-18-32(8)15-24(36-20-41)14-31(6,7)17-32/h21,23-24H,9-18H2,1-8H3,(H,33,44)(H3,34,37,38,39,42,43). The normalized spacial score (nSPS) is 20.5. The highest BCUT2D eigenvalue weighted by atomic mass is 16.5. The van der Waals surface area contributed by atoms with Crippen molar-refractivity contribution in [1.82, 2.24) is 20.6 Å². The molecule has 1 saturated carbocycles. The summed E-state index contributed by atoms with van der Waals surface area (Å²) in [6, 6.07) is -0.711. The Kier molecular flexibility index (Phi) is 13.7. The fourth-order valence-corrected chi connectivity index (χ4v) is 6.94. The van der Waals surface area contributed by atoms with E-state index in [4.69, 9.17) is 4.74 Å². The van der Waals surface area contributed by atoms with Crippen molar-refractivity contribution in [3.63, 3.8) is 0 Å². The highest BCUT2D eigenvalue weighted by Crippen LogP contribution is 2.46. The number of aliphatic imine (C=N–C) groups is 2. The SMILES string of the molecule is CCC(CC(C)(C)CC(C)CNC(=O)OCCc1c(C)[nH]c(NC(=O)NCC2(C)CC(N=C=O)CC(C)(C)C2)nc1=O)N=C=O. The summed E-state index contributed by atoms with van der Waals surface area (Å²) < 4.78 is 5.29. The molecule has 1 aromatic rings. The van der Waals surface area contributed by atoms with E-state index >= 15 is 0 Å². The number of ether oxygens (including phenoxy) is 1. The summed E-state index contributed by atoms with van der Waals surface area (Å²) >= 11 is 0. The van der Waals surface area contributed by atoms with E-state index in [-0.39, 0.29) is 53.2 Å². The Balaban J connectivity index is 1.82. The molecule has 13 heteroatoms. The molecule has 0 aromatic carbocycles. The molecule has 2 rings (SSSR count). The molecule has 0 aliphatic heterocycles. The molecule has 4 unspecified atom stereocenters. The number of hydrogen-bond donors (Lipinski definition) is 4. The molecule has 0 bridgehead atoms. The van der Waals surface area contributed by atoms with Crippen molar-refractivity contribution < 1.29 is 23.9 Å². The molecule has 1 aliphatic rings. The number of hydrogen-bond acceptors (Lipinski definition) is 9. The van der Waals surface area contributed by atoms with Crippen LogP contribution >= 0.6 is 0 Å². The van der Waals surface area contributed by atoms with Gasteiger partial charge in [-0.2, -0.15) is 4.98 Å². The largest absolute Gasteiger partial charge is 0.449 e. The Morgan fingerprint density at radius 2 is 1.87 bits per heavy atom. The molecule has 0 spiro atoms. The number of aryl methyl sites for hydroxylation is 1. The molecule has 45 heavy (non-hydrogen) atoms.